The van der Waals surface area contributed by atoms with Crippen LogP contribution in [0, 0.1) is 0 Å². The first-order chi connectivity index (χ1) is 6.99. The predicted octanol–water partition coefficient (Wildman–Crippen LogP) is 2.18. The summed E-state index contributed by atoms with van der Waals surface area (Å²) in [7, 11) is 0. The smallest absolute Gasteiger partial charge is 0.373 e. The van der Waals surface area contributed by atoms with Crippen molar-refractivity contribution in [1.82, 2.24) is 4.90 Å². The maximum absolute atomic E-state index is 12.2. The van der Waals surface area contributed by atoms with E-state index in [9.17, 15) is 26.3 Å². The molecule has 0 aliphatic heterocycles. The SMILES string of the molecule is CCN(CC)CC(O)(C(F)(F)F)C(F)(F)F.[Co]. The molecule has 0 saturated heterocycles. The average molecular weight is 312 g/mol. The van der Waals surface area contributed by atoms with Gasteiger partial charge in [0.1, 0.15) is 0 Å². The Balaban J connectivity index is 0. The second kappa shape index (κ2) is 6.25. The van der Waals surface area contributed by atoms with E-state index in [0.717, 1.165) is 4.90 Å². The second-order valence-corrected chi connectivity index (χ2v) is 3.32. The molecule has 0 amide bonds. The maximum atomic E-state index is 12.2. The summed E-state index contributed by atoms with van der Waals surface area (Å²) in [6, 6.07) is 0. The molecular formula is C8H13CoF6NO. The summed E-state index contributed by atoms with van der Waals surface area (Å²) in [5.41, 5.74) is -4.67. The molecule has 0 fully saturated rings. The van der Waals surface area contributed by atoms with E-state index in [1.165, 1.54) is 13.8 Å². The van der Waals surface area contributed by atoms with Gasteiger partial charge < -0.3 is 10.0 Å². The summed E-state index contributed by atoms with van der Waals surface area (Å²) in [5, 5.41) is 8.83. The van der Waals surface area contributed by atoms with Crippen molar-refractivity contribution in [3.8, 4) is 0 Å². The van der Waals surface area contributed by atoms with Crippen LogP contribution in [-0.2, 0) is 16.8 Å². The van der Waals surface area contributed by atoms with E-state index in [4.69, 9.17) is 5.11 Å². The molecule has 0 spiro atoms. The number of aliphatic hydroxyl groups is 1. The summed E-state index contributed by atoms with van der Waals surface area (Å²) in [6.07, 6.45) is -11.5. The van der Waals surface area contributed by atoms with E-state index in [2.05, 4.69) is 0 Å². The van der Waals surface area contributed by atoms with E-state index in [0.29, 0.717) is 0 Å². The van der Waals surface area contributed by atoms with Crippen molar-refractivity contribution in [2.75, 3.05) is 19.6 Å². The van der Waals surface area contributed by atoms with Crippen LogP contribution in [0.3, 0.4) is 0 Å². The Morgan fingerprint density at radius 3 is 1.35 bits per heavy atom. The molecule has 1 N–H and O–H groups in total. The van der Waals surface area contributed by atoms with Gasteiger partial charge in [-0.15, -0.1) is 0 Å². The van der Waals surface area contributed by atoms with Crippen molar-refractivity contribution in [3.05, 3.63) is 0 Å². The van der Waals surface area contributed by atoms with Gasteiger partial charge in [0, 0.05) is 23.3 Å². The van der Waals surface area contributed by atoms with Crippen LogP contribution in [0.2, 0.25) is 0 Å². The summed E-state index contributed by atoms with van der Waals surface area (Å²) in [5.74, 6) is 0. The first-order valence-electron chi connectivity index (χ1n) is 4.57. The van der Waals surface area contributed by atoms with Crippen LogP contribution < -0.4 is 0 Å². The Bertz CT molecular complexity index is 211. The normalized spacial score (nSPS) is 13.8. The third-order valence-electron chi connectivity index (χ3n) is 2.28. The molecular weight excluding hydrogens is 299 g/mol. The molecule has 0 aromatic rings. The molecule has 0 aliphatic carbocycles. The number of alkyl halides is 6. The standard InChI is InChI=1S/C8H13F6NO.Co/c1-3-15(4-2)5-6(16,7(9,10)11)8(12,13)14;/h16H,3-5H2,1-2H3;. The van der Waals surface area contributed by atoms with Gasteiger partial charge in [0.05, 0.1) is 0 Å². The van der Waals surface area contributed by atoms with Crippen LogP contribution >= 0.6 is 0 Å². The third kappa shape index (κ3) is 4.31. The van der Waals surface area contributed by atoms with Crippen LogP contribution in [0.4, 0.5) is 26.3 Å². The fourth-order valence-electron chi connectivity index (χ4n) is 1.11. The van der Waals surface area contributed by atoms with Crippen molar-refractivity contribution in [1.29, 1.82) is 0 Å². The summed E-state index contributed by atoms with van der Waals surface area (Å²) in [6.45, 7) is 1.30. The summed E-state index contributed by atoms with van der Waals surface area (Å²) in [4.78, 5) is 0.862. The number of rotatable bonds is 4. The van der Waals surface area contributed by atoms with Crippen LogP contribution in [-0.4, -0.2) is 47.6 Å². The fourth-order valence-corrected chi connectivity index (χ4v) is 1.11. The van der Waals surface area contributed by atoms with Gasteiger partial charge in [0.25, 0.3) is 5.60 Å². The van der Waals surface area contributed by atoms with E-state index < -0.39 is 24.5 Å². The van der Waals surface area contributed by atoms with Gasteiger partial charge >= 0.3 is 12.4 Å². The van der Waals surface area contributed by atoms with Crippen molar-refractivity contribution in [2.45, 2.75) is 31.8 Å². The Morgan fingerprint density at radius 1 is 0.882 bits per heavy atom. The zero-order valence-electron chi connectivity index (χ0n) is 9.12. The minimum atomic E-state index is -5.74. The van der Waals surface area contributed by atoms with Crippen molar-refractivity contribution in [3.63, 3.8) is 0 Å². The molecule has 0 aliphatic rings. The topological polar surface area (TPSA) is 23.5 Å². The number of nitrogens with zero attached hydrogens (tertiary/aromatic N) is 1. The van der Waals surface area contributed by atoms with Gasteiger partial charge in [-0.05, 0) is 13.1 Å². The molecule has 0 heterocycles. The molecule has 1 radical (unpaired) electrons. The molecule has 0 aromatic carbocycles. The van der Waals surface area contributed by atoms with Crippen molar-refractivity contribution >= 4 is 0 Å². The fraction of sp³-hybridized carbons (Fsp3) is 1.00. The van der Waals surface area contributed by atoms with E-state index in [-0.39, 0.29) is 29.9 Å². The van der Waals surface area contributed by atoms with Crippen molar-refractivity contribution < 1.29 is 48.2 Å². The first-order valence-corrected chi connectivity index (χ1v) is 4.57. The van der Waals surface area contributed by atoms with Gasteiger partial charge in [-0.3, -0.25) is 0 Å². The molecule has 17 heavy (non-hydrogen) atoms. The van der Waals surface area contributed by atoms with Gasteiger partial charge in [-0.2, -0.15) is 26.3 Å². The Kier molecular flexibility index (Phi) is 7.12. The van der Waals surface area contributed by atoms with Gasteiger partial charge in [0.2, 0.25) is 0 Å². The second-order valence-electron chi connectivity index (χ2n) is 3.32. The van der Waals surface area contributed by atoms with Gasteiger partial charge in [0.15, 0.2) is 0 Å². The van der Waals surface area contributed by atoms with E-state index in [1.54, 1.807) is 0 Å². The zero-order chi connectivity index (χ0) is 13.2. The predicted molar refractivity (Wildman–Crippen MR) is 44.8 cm³/mol. The summed E-state index contributed by atoms with van der Waals surface area (Å²) >= 11 is 0. The van der Waals surface area contributed by atoms with E-state index in [1.807, 2.05) is 0 Å². The van der Waals surface area contributed by atoms with Crippen LogP contribution in [0.25, 0.3) is 0 Å². The molecule has 0 aromatic heterocycles. The number of halogens is 6. The number of likely N-dealkylation sites (N-methyl/N-ethyl adjacent to an activating group) is 1. The Morgan fingerprint density at radius 2 is 1.18 bits per heavy atom. The molecule has 9 heteroatoms. The average Bonchev–Trinajstić information content (AvgIpc) is 2.10. The van der Waals surface area contributed by atoms with Crippen molar-refractivity contribution in [2.24, 2.45) is 0 Å². The molecule has 107 valence electrons. The third-order valence-corrected chi connectivity index (χ3v) is 2.28. The molecule has 2 nitrogen and oxygen atoms in total. The quantitative estimate of drug-likeness (QED) is 0.805. The summed E-state index contributed by atoms with van der Waals surface area (Å²) < 4.78 is 73.4. The molecule has 0 atom stereocenters. The monoisotopic (exact) mass is 312 g/mol. The largest absolute Gasteiger partial charge is 0.427 e. The minimum absolute atomic E-state index is 0. The maximum Gasteiger partial charge on any atom is 0.427 e. The zero-order valence-corrected chi connectivity index (χ0v) is 10.2. The number of hydrogen-bond acceptors (Lipinski definition) is 2. The molecule has 0 bridgehead atoms. The van der Waals surface area contributed by atoms with Gasteiger partial charge in [-0.1, -0.05) is 13.8 Å². The molecule has 0 unspecified atom stereocenters. The van der Waals surface area contributed by atoms with Crippen LogP contribution in [0.5, 0.6) is 0 Å². The van der Waals surface area contributed by atoms with Gasteiger partial charge in [-0.25, -0.2) is 0 Å². The van der Waals surface area contributed by atoms with E-state index >= 15 is 0 Å². The van der Waals surface area contributed by atoms with Crippen LogP contribution in [0.1, 0.15) is 13.8 Å². The van der Waals surface area contributed by atoms with Crippen LogP contribution in [0.15, 0.2) is 0 Å². The number of hydrogen-bond donors (Lipinski definition) is 1. The Hall–Kier alpha value is 0.00649. The molecule has 0 rings (SSSR count). The minimum Gasteiger partial charge on any atom is -0.373 e. The first kappa shape index (κ1) is 19.3. The molecule has 0 saturated carbocycles. The Labute approximate surface area is 105 Å².